The number of fused-ring (bicyclic) bond motifs is 4. The van der Waals surface area contributed by atoms with Gasteiger partial charge in [0.25, 0.3) is 0 Å². The zero-order chi connectivity index (χ0) is 32.0. The van der Waals surface area contributed by atoms with Crippen molar-refractivity contribution >= 4 is 23.9 Å². The molecular weight excluding hydrogens is 572 g/mol. The molecule has 250 valence electrons. The zero-order valence-corrected chi connectivity index (χ0v) is 27.4. The second-order valence-electron chi connectivity index (χ2n) is 14.9. The molecule has 6 saturated carbocycles. The van der Waals surface area contributed by atoms with Crippen molar-refractivity contribution in [2.45, 2.75) is 134 Å². The van der Waals surface area contributed by atoms with E-state index in [0.717, 1.165) is 24.8 Å². The van der Waals surface area contributed by atoms with Crippen LogP contribution in [0.5, 0.6) is 0 Å². The summed E-state index contributed by atoms with van der Waals surface area (Å²) in [7, 11) is 0. The summed E-state index contributed by atoms with van der Waals surface area (Å²) in [4.78, 5) is 47.1. The second kappa shape index (κ2) is 14.8. The molecule has 0 amide bonds. The third-order valence-electron chi connectivity index (χ3n) is 12.0. The molecule has 0 aromatic rings. The number of carbonyl (C=O) groups is 4. The van der Waals surface area contributed by atoms with Gasteiger partial charge in [0, 0.05) is 11.6 Å². The summed E-state index contributed by atoms with van der Waals surface area (Å²) in [5.41, 5.74) is -0.253. The molecule has 8 heteroatoms. The number of carbonyl (C=O) groups excluding carboxylic acids is 4. The fourth-order valence-corrected chi connectivity index (χ4v) is 10.2. The minimum Gasteiger partial charge on any atom is -0.456 e. The SMILES string of the molecule is C=C(C)C(=O)OCC(=O)OC1(C2CCCCC2)CC2CCC1C2.C=CC(=O)OCC(=O)OC1(C2CCCCC2)CC2CCC1C2. The van der Waals surface area contributed by atoms with Crippen LogP contribution < -0.4 is 0 Å². The lowest BCUT2D eigenvalue weighted by molar-refractivity contribution is -0.184. The largest absolute Gasteiger partial charge is 0.456 e. The van der Waals surface area contributed by atoms with Gasteiger partial charge in [-0.3, -0.25) is 0 Å². The van der Waals surface area contributed by atoms with Crippen molar-refractivity contribution in [3.63, 3.8) is 0 Å². The fraction of sp³-hybridized carbons (Fsp3) is 0.784. The number of hydrogen-bond acceptors (Lipinski definition) is 8. The predicted molar refractivity (Wildman–Crippen MR) is 169 cm³/mol. The van der Waals surface area contributed by atoms with Crippen LogP contribution in [0.4, 0.5) is 0 Å². The van der Waals surface area contributed by atoms with Gasteiger partial charge < -0.3 is 18.9 Å². The molecule has 45 heavy (non-hydrogen) atoms. The molecule has 0 aliphatic heterocycles. The average molecular weight is 627 g/mol. The van der Waals surface area contributed by atoms with E-state index in [9.17, 15) is 19.2 Å². The van der Waals surface area contributed by atoms with Crippen LogP contribution >= 0.6 is 0 Å². The Hall–Kier alpha value is -2.64. The van der Waals surface area contributed by atoms with Gasteiger partial charge in [-0.15, -0.1) is 0 Å². The second-order valence-corrected chi connectivity index (χ2v) is 14.9. The van der Waals surface area contributed by atoms with E-state index in [-0.39, 0.29) is 24.4 Å². The van der Waals surface area contributed by atoms with E-state index in [0.29, 0.717) is 35.2 Å². The molecule has 6 atom stereocenters. The summed E-state index contributed by atoms with van der Waals surface area (Å²) in [5.74, 6) is 1.56. The first-order chi connectivity index (χ1) is 21.6. The number of hydrogen-bond donors (Lipinski definition) is 0. The Kier molecular flexibility index (Phi) is 11.1. The maximum atomic E-state index is 12.3. The highest BCUT2D eigenvalue weighted by atomic mass is 16.6. The number of esters is 4. The van der Waals surface area contributed by atoms with Crippen LogP contribution in [0.25, 0.3) is 0 Å². The van der Waals surface area contributed by atoms with Gasteiger partial charge in [-0.2, -0.15) is 0 Å². The van der Waals surface area contributed by atoms with Crippen LogP contribution in [-0.4, -0.2) is 48.3 Å². The van der Waals surface area contributed by atoms with E-state index in [2.05, 4.69) is 13.2 Å². The molecule has 0 aromatic heterocycles. The van der Waals surface area contributed by atoms with E-state index >= 15 is 0 Å². The monoisotopic (exact) mass is 626 g/mol. The van der Waals surface area contributed by atoms with Crippen molar-refractivity contribution < 1.29 is 38.1 Å². The number of ether oxygens (including phenoxy) is 4. The molecule has 0 radical (unpaired) electrons. The van der Waals surface area contributed by atoms with Gasteiger partial charge in [-0.05, 0) is 119 Å². The molecule has 0 spiro atoms. The standard InChI is InChI=1S/C19H28O4.C18H26O4/c1-13(2)18(21)22-12-17(20)23-19(15-6-4-3-5-7-15)11-14-8-9-16(19)10-14;1-2-16(19)21-12-17(20)22-18(14-6-4-3-5-7-14)11-13-8-9-15(18)10-13/h14-16H,1,3-12H2,2H3;2,13-15H,1,3-12H2. The van der Waals surface area contributed by atoms with E-state index in [1.165, 1.54) is 103 Å². The molecule has 6 aliphatic carbocycles. The van der Waals surface area contributed by atoms with Crippen molar-refractivity contribution in [3.8, 4) is 0 Å². The molecule has 0 saturated heterocycles. The van der Waals surface area contributed by atoms with Gasteiger partial charge in [0.2, 0.25) is 0 Å². The summed E-state index contributed by atoms with van der Waals surface area (Å²) < 4.78 is 21.9. The highest BCUT2D eigenvalue weighted by Gasteiger charge is 2.58. The fourth-order valence-electron chi connectivity index (χ4n) is 10.2. The Balaban J connectivity index is 0.000000178. The first kappa shape index (κ1) is 33.7. The summed E-state index contributed by atoms with van der Waals surface area (Å²) in [6.45, 7) is 7.85. The van der Waals surface area contributed by atoms with Gasteiger partial charge in [0.1, 0.15) is 11.2 Å². The predicted octanol–water partition coefficient (Wildman–Crippen LogP) is 7.19. The van der Waals surface area contributed by atoms with E-state index in [4.69, 9.17) is 18.9 Å². The Morgan fingerprint density at radius 2 is 1.09 bits per heavy atom. The molecule has 0 N–H and O–H groups in total. The van der Waals surface area contributed by atoms with Crippen molar-refractivity contribution in [1.29, 1.82) is 0 Å². The average Bonchev–Trinajstić information content (AvgIpc) is 3.86. The summed E-state index contributed by atoms with van der Waals surface area (Å²) in [5, 5.41) is 0. The lowest BCUT2D eigenvalue weighted by Gasteiger charge is -2.45. The van der Waals surface area contributed by atoms with Crippen LogP contribution in [0.2, 0.25) is 0 Å². The minimum atomic E-state index is -0.573. The third kappa shape index (κ3) is 7.68. The molecule has 6 rings (SSSR count). The molecule has 8 nitrogen and oxygen atoms in total. The highest BCUT2D eigenvalue weighted by molar-refractivity contribution is 5.88. The highest BCUT2D eigenvalue weighted by Crippen LogP contribution is 2.59. The Bertz CT molecular complexity index is 1120. The first-order valence-corrected chi connectivity index (χ1v) is 17.7. The smallest absolute Gasteiger partial charge is 0.344 e. The van der Waals surface area contributed by atoms with Crippen LogP contribution in [0.3, 0.4) is 0 Å². The van der Waals surface area contributed by atoms with E-state index < -0.39 is 23.9 Å². The van der Waals surface area contributed by atoms with Crippen LogP contribution in [-0.2, 0) is 38.1 Å². The van der Waals surface area contributed by atoms with Gasteiger partial charge in [-0.25, -0.2) is 19.2 Å². The maximum Gasteiger partial charge on any atom is 0.344 e. The molecule has 4 bridgehead atoms. The normalized spacial score (nSPS) is 33.9. The zero-order valence-electron chi connectivity index (χ0n) is 27.4. The molecule has 6 aliphatic rings. The quantitative estimate of drug-likeness (QED) is 0.143. The lowest BCUT2D eigenvalue weighted by Crippen LogP contribution is -2.48. The minimum absolute atomic E-state index is 0.277. The van der Waals surface area contributed by atoms with Crippen LogP contribution in [0.1, 0.15) is 122 Å². The summed E-state index contributed by atoms with van der Waals surface area (Å²) in [6, 6.07) is 0. The summed E-state index contributed by atoms with van der Waals surface area (Å²) in [6.07, 6.45) is 22.7. The first-order valence-electron chi connectivity index (χ1n) is 17.7. The topological polar surface area (TPSA) is 105 Å². The molecule has 0 heterocycles. The number of rotatable bonds is 10. The Labute approximate surface area is 269 Å². The molecular formula is C37H54O8. The Morgan fingerprint density at radius 3 is 1.44 bits per heavy atom. The Morgan fingerprint density at radius 1 is 0.644 bits per heavy atom. The molecule has 6 unspecified atom stereocenters. The lowest BCUT2D eigenvalue weighted by atomic mass is 9.69. The van der Waals surface area contributed by atoms with Crippen LogP contribution in [0.15, 0.2) is 24.8 Å². The van der Waals surface area contributed by atoms with Crippen molar-refractivity contribution in [1.82, 2.24) is 0 Å². The maximum absolute atomic E-state index is 12.3. The van der Waals surface area contributed by atoms with Crippen molar-refractivity contribution in [2.75, 3.05) is 13.2 Å². The van der Waals surface area contributed by atoms with Gasteiger partial charge >= 0.3 is 23.9 Å². The van der Waals surface area contributed by atoms with E-state index in [1.54, 1.807) is 6.92 Å². The van der Waals surface area contributed by atoms with Crippen molar-refractivity contribution in [3.05, 3.63) is 24.8 Å². The summed E-state index contributed by atoms with van der Waals surface area (Å²) >= 11 is 0. The van der Waals surface area contributed by atoms with Gasteiger partial charge in [0.05, 0.1) is 0 Å². The van der Waals surface area contributed by atoms with E-state index in [1.807, 2.05) is 0 Å². The molecule has 0 aromatic carbocycles. The van der Waals surface area contributed by atoms with Crippen molar-refractivity contribution in [2.24, 2.45) is 35.5 Å². The molecule has 6 fully saturated rings. The third-order valence-corrected chi connectivity index (χ3v) is 12.0. The van der Waals surface area contributed by atoms with Gasteiger partial charge in [0.15, 0.2) is 13.2 Å². The van der Waals surface area contributed by atoms with Gasteiger partial charge in [-0.1, -0.05) is 51.7 Å². The van der Waals surface area contributed by atoms with Crippen LogP contribution in [0, 0.1) is 35.5 Å².